The molecule has 1 atom stereocenters. The number of hydrogen-bond donors (Lipinski definition) is 0. The second-order valence-corrected chi connectivity index (χ2v) is 8.39. The average Bonchev–Trinajstić information content (AvgIpc) is 3.14. The smallest absolute Gasteiger partial charge is 0.248 e. The minimum absolute atomic E-state index is 0.113. The highest BCUT2D eigenvalue weighted by molar-refractivity contribution is 5.77. The first-order chi connectivity index (χ1) is 13.3. The number of likely N-dealkylation sites (tertiary alicyclic amines) is 1. The largest absolute Gasteiger partial charge is 0.376 e. The molecular weight excluding hydrogens is 342 g/mol. The predicted octanol–water partition coefficient (Wildman–Crippen LogP) is 2.97. The van der Waals surface area contributed by atoms with Crippen LogP contribution in [0.5, 0.6) is 0 Å². The van der Waals surface area contributed by atoms with Crippen LogP contribution in [0.4, 0.5) is 0 Å². The highest BCUT2D eigenvalue weighted by Crippen LogP contribution is 2.31. The van der Waals surface area contributed by atoms with Crippen molar-refractivity contribution in [3.63, 3.8) is 0 Å². The zero-order chi connectivity index (χ0) is 18.5. The molecule has 6 heteroatoms. The highest BCUT2D eigenvalue weighted by Gasteiger charge is 2.28. The Bertz CT molecular complexity index is 600. The van der Waals surface area contributed by atoms with E-state index in [-0.39, 0.29) is 18.6 Å². The van der Waals surface area contributed by atoms with E-state index in [0.717, 1.165) is 57.8 Å². The lowest BCUT2D eigenvalue weighted by atomic mass is 9.85. The van der Waals surface area contributed by atoms with E-state index in [1.54, 1.807) is 0 Å². The predicted molar refractivity (Wildman–Crippen MR) is 103 cm³/mol. The first-order valence-electron chi connectivity index (χ1n) is 10.8. The molecule has 2 saturated heterocycles. The molecule has 1 aromatic heterocycles. The van der Waals surface area contributed by atoms with Gasteiger partial charge in [0.2, 0.25) is 5.91 Å². The van der Waals surface area contributed by atoms with Gasteiger partial charge in [-0.15, -0.1) is 0 Å². The molecule has 0 bridgehead atoms. The second-order valence-electron chi connectivity index (χ2n) is 8.39. The van der Waals surface area contributed by atoms with Crippen molar-refractivity contribution < 1.29 is 14.3 Å². The van der Waals surface area contributed by atoms with E-state index in [2.05, 4.69) is 15.7 Å². The first-order valence-corrected chi connectivity index (χ1v) is 10.8. The summed E-state index contributed by atoms with van der Waals surface area (Å²) in [5.74, 6) is 2.65. The number of aromatic nitrogens is 2. The van der Waals surface area contributed by atoms with Gasteiger partial charge in [-0.3, -0.25) is 4.79 Å². The molecule has 3 heterocycles. The lowest BCUT2D eigenvalue weighted by Gasteiger charge is -2.33. The number of hydrogen-bond acceptors (Lipinski definition) is 4. The van der Waals surface area contributed by atoms with Crippen molar-refractivity contribution in [2.75, 3.05) is 32.9 Å². The maximum absolute atomic E-state index is 12.4. The fourth-order valence-electron chi connectivity index (χ4n) is 4.48. The molecule has 0 spiro atoms. The molecule has 1 aliphatic carbocycles. The summed E-state index contributed by atoms with van der Waals surface area (Å²) in [7, 11) is 0. The normalized spacial score (nSPS) is 24.7. The van der Waals surface area contributed by atoms with Crippen molar-refractivity contribution in [2.45, 2.75) is 69.9 Å². The lowest BCUT2D eigenvalue weighted by Crippen LogP contribution is -2.41. The summed E-state index contributed by atoms with van der Waals surface area (Å²) in [6.45, 7) is 4.28. The summed E-state index contributed by atoms with van der Waals surface area (Å²) in [4.78, 5) is 19.0. The van der Waals surface area contributed by atoms with Crippen LogP contribution >= 0.6 is 0 Å². The summed E-state index contributed by atoms with van der Waals surface area (Å²) in [5.41, 5.74) is 0. The summed E-state index contributed by atoms with van der Waals surface area (Å²) in [5, 5.41) is 0. The summed E-state index contributed by atoms with van der Waals surface area (Å²) in [6, 6.07) is 0. The molecule has 0 N–H and O–H groups in total. The van der Waals surface area contributed by atoms with Gasteiger partial charge >= 0.3 is 0 Å². The van der Waals surface area contributed by atoms with Crippen LogP contribution in [0.25, 0.3) is 0 Å². The highest BCUT2D eigenvalue weighted by atomic mass is 16.5. The van der Waals surface area contributed by atoms with Gasteiger partial charge in [0.15, 0.2) is 0 Å². The maximum Gasteiger partial charge on any atom is 0.248 e. The van der Waals surface area contributed by atoms with E-state index in [1.807, 2.05) is 11.1 Å². The van der Waals surface area contributed by atoms with Gasteiger partial charge in [-0.2, -0.15) is 0 Å². The van der Waals surface area contributed by atoms with E-state index in [1.165, 1.54) is 31.5 Å². The quantitative estimate of drug-likeness (QED) is 0.735. The van der Waals surface area contributed by atoms with Crippen molar-refractivity contribution >= 4 is 5.91 Å². The molecule has 2 aliphatic heterocycles. The zero-order valence-electron chi connectivity index (χ0n) is 16.4. The SMILES string of the molecule is O=C(COC[C@H]1CCCCO1)N1CCC(c2nccn2CC2CCC2)CC1. The van der Waals surface area contributed by atoms with E-state index >= 15 is 0 Å². The number of piperidine rings is 1. The fourth-order valence-corrected chi connectivity index (χ4v) is 4.48. The van der Waals surface area contributed by atoms with Crippen LogP contribution in [0.1, 0.15) is 63.1 Å². The number of carbonyl (C=O) groups excluding carboxylic acids is 1. The van der Waals surface area contributed by atoms with Crippen molar-refractivity contribution in [2.24, 2.45) is 5.92 Å². The molecule has 3 fully saturated rings. The number of rotatable bonds is 7. The molecule has 0 aromatic carbocycles. The Morgan fingerprint density at radius 1 is 1.15 bits per heavy atom. The zero-order valence-corrected chi connectivity index (χ0v) is 16.4. The molecule has 27 heavy (non-hydrogen) atoms. The van der Waals surface area contributed by atoms with Gasteiger partial charge in [0, 0.05) is 44.6 Å². The van der Waals surface area contributed by atoms with Crippen molar-refractivity contribution in [3.05, 3.63) is 18.2 Å². The van der Waals surface area contributed by atoms with Gasteiger partial charge < -0.3 is 18.9 Å². The van der Waals surface area contributed by atoms with Crippen LogP contribution in [0, 0.1) is 5.92 Å². The van der Waals surface area contributed by atoms with Gasteiger partial charge in [0.1, 0.15) is 12.4 Å². The minimum atomic E-state index is 0.113. The maximum atomic E-state index is 12.4. The third-order valence-corrected chi connectivity index (χ3v) is 6.44. The van der Waals surface area contributed by atoms with Gasteiger partial charge in [0.05, 0.1) is 12.7 Å². The molecule has 6 nitrogen and oxygen atoms in total. The van der Waals surface area contributed by atoms with Crippen LogP contribution in [0.2, 0.25) is 0 Å². The minimum Gasteiger partial charge on any atom is -0.376 e. The second kappa shape index (κ2) is 9.20. The standard InChI is InChI=1S/C21H33N3O3/c25-20(16-26-15-19-6-1-2-13-27-19)23-10-7-18(8-11-23)21-22-9-12-24(21)14-17-4-3-5-17/h9,12,17-19H,1-8,10-11,13-16H2/t19-/m1/s1. The molecule has 150 valence electrons. The Morgan fingerprint density at radius 3 is 2.70 bits per heavy atom. The van der Waals surface area contributed by atoms with Crippen molar-refractivity contribution in [1.29, 1.82) is 0 Å². The number of nitrogens with zero attached hydrogens (tertiary/aromatic N) is 3. The molecule has 0 radical (unpaired) electrons. The molecule has 1 aromatic rings. The van der Waals surface area contributed by atoms with Crippen LogP contribution in [0.3, 0.4) is 0 Å². The summed E-state index contributed by atoms with van der Waals surface area (Å²) in [6.07, 6.45) is 13.7. The average molecular weight is 376 g/mol. The molecular formula is C21H33N3O3. The molecule has 1 amide bonds. The lowest BCUT2D eigenvalue weighted by molar-refractivity contribution is -0.139. The first kappa shape index (κ1) is 18.9. The molecule has 1 saturated carbocycles. The van der Waals surface area contributed by atoms with Gasteiger partial charge in [-0.25, -0.2) is 4.98 Å². The van der Waals surface area contributed by atoms with Crippen LogP contribution in [-0.4, -0.2) is 59.4 Å². The molecule has 3 aliphatic rings. The van der Waals surface area contributed by atoms with Gasteiger partial charge in [0.25, 0.3) is 0 Å². The third-order valence-electron chi connectivity index (χ3n) is 6.44. The number of carbonyl (C=O) groups is 1. The van der Waals surface area contributed by atoms with E-state index in [4.69, 9.17) is 9.47 Å². The monoisotopic (exact) mass is 375 g/mol. The van der Waals surface area contributed by atoms with Crippen molar-refractivity contribution in [1.82, 2.24) is 14.5 Å². The Labute approximate surface area is 162 Å². The van der Waals surface area contributed by atoms with Gasteiger partial charge in [-0.05, 0) is 50.9 Å². The number of imidazole rings is 1. The van der Waals surface area contributed by atoms with E-state index in [9.17, 15) is 4.79 Å². The topological polar surface area (TPSA) is 56.6 Å². The Kier molecular flexibility index (Phi) is 6.45. The van der Waals surface area contributed by atoms with Crippen molar-refractivity contribution in [3.8, 4) is 0 Å². The van der Waals surface area contributed by atoms with Crippen LogP contribution in [-0.2, 0) is 20.8 Å². The van der Waals surface area contributed by atoms with Crippen LogP contribution < -0.4 is 0 Å². The molecule has 4 rings (SSSR count). The summed E-state index contributed by atoms with van der Waals surface area (Å²) >= 11 is 0. The van der Waals surface area contributed by atoms with Gasteiger partial charge in [-0.1, -0.05) is 6.42 Å². The third kappa shape index (κ3) is 4.91. The van der Waals surface area contributed by atoms with E-state index < -0.39 is 0 Å². The Balaban J connectivity index is 1.19. The van der Waals surface area contributed by atoms with E-state index in [0.29, 0.717) is 12.5 Å². The van der Waals surface area contributed by atoms with Crippen LogP contribution in [0.15, 0.2) is 12.4 Å². The fraction of sp³-hybridized carbons (Fsp3) is 0.810. The number of ether oxygens (including phenoxy) is 2. The molecule has 0 unspecified atom stereocenters. The Hall–Kier alpha value is -1.40. The Morgan fingerprint density at radius 2 is 2.00 bits per heavy atom. The number of amides is 1. The summed E-state index contributed by atoms with van der Waals surface area (Å²) < 4.78 is 13.6.